The van der Waals surface area contributed by atoms with E-state index in [0.717, 1.165) is 11.3 Å². The number of carboxylic acid groups (broad SMARTS) is 1. The first-order valence-corrected chi connectivity index (χ1v) is 5.94. The number of imidazole rings is 1. The Kier molecular flexibility index (Phi) is 3.00. The number of carboxylic acids is 1. The molecule has 100 valence electrons. The van der Waals surface area contributed by atoms with Crippen molar-refractivity contribution in [3.05, 3.63) is 54.4 Å². The second-order valence-corrected chi connectivity index (χ2v) is 4.12. The number of aromatic nitrogens is 4. The maximum absolute atomic E-state index is 10.7. The molecule has 0 bridgehead atoms. The van der Waals surface area contributed by atoms with Crippen molar-refractivity contribution in [2.45, 2.75) is 6.54 Å². The summed E-state index contributed by atoms with van der Waals surface area (Å²) in [5.74, 6) is -0.577. The van der Waals surface area contributed by atoms with Gasteiger partial charge < -0.3 is 14.8 Å². The average molecular weight is 269 g/mol. The quantitative estimate of drug-likeness (QED) is 0.744. The van der Waals surface area contributed by atoms with Crippen LogP contribution in [0.4, 0.5) is 5.82 Å². The highest BCUT2D eigenvalue weighted by molar-refractivity contribution is 5.84. The number of anilines is 1. The second kappa shape index (κ2) is 4.96. The van der Waals surface area contributed by atoms with Crippen LogP contribution >= 0.6 is 0 Å². The predicted molar refractivity (Wildman–Crippen MR) is 71.5 cm³/mol. The van der Waals surface area contributed by atoms with Gasteiger partial charge in [0, 0.05) is 6.20 Å². The summed E-state index contributed by atoms with van der Waals surface area (Å²) in [5, 5.41) is 11.8. The lowest BCUT2D eigenvalue weighted by Gasteiger charge is -2.05. The topological polar surface area (TPSA) is 92.4 Å². The van der Waals surface area contributed by atoms with Gasteiger partial charge in [0.1, 0.15) is 11.5 Å². The highest BCUT2D eigenvalue weighted by Gasteiger charge is 2.06. The third-order valence-electron chi connectivity index (χ3n) is 2.82. The number of aromatic carboxylic acids is 1. The smallest absolute Gasteiger partial charge is 0.356 e. The normalized spacial score (nSPS) is 10.6. The van der Waals surface area contributed by atoms with Gasteiger partial charge in [-0.05, 0) is 12.1 Å². The largest absolute Gasteiger partial charge is 0.476 e. The van der Waals surface area contributed by atoms with Crippen LogP contribution in [0.15, 0.2) is 43.0 Å². The Balaban J connectivity index is 1.74. The molecule has 0 saturated heterocycles. The molecule has 0 amide bonds. The van der Waals surface area contributed by atoms with Gasteiger partial charge in [-0.25, -0.2) is 19.7 Å². The van der Waals surface area contributed by atoms with Gasteiger partial charge in [-0.3, -0.25) is 0 Å². The van der Waals surface area contributed by atoms with Crippen LogP contribution < -0.4 is 5.32 Å². The van der Waals surface area contributed by atoms with Gasteiger partial charge in [-0.2, -0.15) is 0 Å². The summed E-state index contributed by atoms with van der Waals surface area (Å²) in [7, 11) is 0. The third-order valence-corrected chi connectivity index (χ3v) is 2.82. The van der Waals surface area contributed by atoms with Gasteiger partial charge in [0.25, 0.3) is 0 Å². The van der Waals surface area contributed by atoms with E-state index >= 15 is 0 Å². The molecule has 0 saturated carbocycles. The van der Waals surface area contributed by atoms with Crippen molar-refractivity contribution in [2.75, 3.05) is 5.32 Å². The molecule has 20 heavy (non-hydrogen) atoms. The zero-order valence-electron chi connectivity index (χ0n) is 10.4. The Morgan fingerprint density at radius 2 is 2.10 bits per heavy atom. The summed E-state index contributed by atoms with van der Waals surface area (Å²) in [6, 6.07) is 5.78. The van der Waals surface area contributed by atoms with E-state index in [9.17, 15) is 4.79 Å². The molecule has 0 unspecified atom stereocenters. The number of fused-ring (bicyclic) bond motifs is 1. The fourth-order valence-electron chi connectivity index (χ4n) is 1.83. The number of rotatable bonds is 4. The second-order valence-electron chi connectivity index (χ2n) is 4.12. The number of nitrogens with zero attached hydrogens (tertiary/aromatic N) is 4. The van der Waals surface area contributed by atoms with Crippen LogP contribution in [0.2, 0.25) is 0 Å². The molecule has 3 heterocycles. The molecule has 0 atom stereocenters. The molecule has 3 aromatic heterocycles. The summed E-state index contributed by atoms with van der Waals surface area (Å²) in [6.07, 6.45) is 6.33. The first-order valence-electron chi connectivity index (χ1n) is 5.94. The van der Waals surface area contributed by atoms with Gasteiger partial charge in [0.15, 0.2) is 5.69 Å². The van der Waals surface area contributed by atoms with E-state index in [1.54, 1.807) is 6.20 Å². The van der Waals surface area contributed by atoms with Crippen LogP contribution in [0.3, 0.4) is 0 Å². The summed E-state index contributed by atoms with van der Waals surface area (Å²) in [4.78, 5) is 22.7. The Hall–Kier alpha value is -2.96. The van der Waals surface area contributed by atoms with Gasteiger partial charge in [0.2, 0.25) is 0 Å². The lowest BCUT2D eigenvalue weighted by molar-refractivity contribution is 0.0690. The summed E-state index contributed by atoms with van der Waals surface area (Å²) in [6.45, 7) is 0.520. The molecule has 0 aliphatic carbocycles. The van der Waals surface area contributed by atoms with E-state index in [1.807, 2.05) is 28.8 Å². The fourth-order valence-corrected chi connectivity index (χ4v) is 1.83. The molecular formula is C13H11N5O2. The van der Waals surface area contributed by atoms with E-state index in [2.05, 4.69) is 20.3 Å². The maximum Gasteiger partial charge on any atom is 0.356 e. The summed E-state index contributed by atoms with van der Waals surface area (Å²) in [5.41, 5.74) is 1.77. The number of nitrogens with one attached hydrogen (secondary N) is 1. The third kappa shape index (κ3) is 2.28. The molecule has 7 heteroatoms. The highest BCUT2D eigenvalue weighted by Crippen LogP contribution is 2.08. The highest BCUT2D eigenvalue weighted by atomic mass is 16.4. The van der Waals surface area contributed by atoms with Crippen LogP contribution in [-0.4, -0.2) is 30.4 Å². The standard InChI is InChI=1S/C13H11N5O2/c19-13(20)10-7-16-11(8-14-10)15-5-9-6-17-12-3-1-2-4-18(9)12/h1-4,6-8H,5H2,(H,15,16)(H,19,20). The summed E-state index contributed by atoms with van der Waals surface area (Å²) >= 11 is 0. The first-order chi connectivity index (χ1) is 9.74. The van der Waals surface area contributed by atoms with Crippen molar-refractivity contribution >= 4 is 17.4 Å². The van der Waals surface area contributed by atoms with Gasteiger partial charge in [0.05, 0.1) is 30.8 Å². The van der Waals surface area contributed by atoms with Crippen LogP contribution in [0.5, 0.6) is 0 Å². The first kappa shape index (κ1) is 12.1. The molecule has 2 N–H and O–H groups in total. The Bertz CT molecular complexity index is 751. The Morgan fingerprint density at radius 3 is 2.85 bits per heavy atom. The SMILES string of the molecule is O=C(O)c1cnc(NCc2cnc3ccccn23)cn1. The van der Waals surface area contributed by atoms with E-state index in [1.165, 1.54) is 12.4 Å². The van der Waals surface area contributed by atoms with Crippen molar-refractivity contribution in [3.63, 3.8) is 0 Å². The van der Waals surface area contributed by atoms with E-state index in [0.29, 0.717) is 12.4 Å². The van der Waals surface area contributed by atoms with E-state index < -0.39 is 5.97 Å². The fraction of sp³-hybridized carbons (Fsp3) is 0.0769. The molecular weight excluding hydrogens is 258 g/mol. The maximum atomic E-state index is 10.7. The van der Waals surface area contributed by atoms with Crippen molar-refractivity contribution in [3.8, 4) is 0 Å². The Labute approximate surface area is 114 Å². The van der Waals surface area contributed by atoms with Crippen molar-refractivity contribution < 1.29 is 9.90 Å². The summed E-state index contributed by atoms with van der Waals surface area (Å²) < 4.78 is 1.96. The molecule has 0 aliphatic heterocycles. The minimum atomic E-state index is -1.09. The minimum absolute atomic E-state index is 0.0784. The molecule has 0 aliphatic rings. The molecule has 0 fully saturated rings. The van der Waals surface area contributed by atoms with Crippen LogP contribution in [-0.2, 0) is 6.54 Å². The molecule has 0 aromatic carbocycles. The molecule has 0 radical (unpaired) electrons. The van der Waals surface area contributed by atoms with Crippen molar-refractivity contribution in [1.29, 1.82) is 0 Å². The van der Waals surface area contributed by atoms with Gasteiger partial charge in [-0.15, -0.1) is 0 Å². The molecule has 0 spiro atoms. The van der Waals surface area contributed by atoms with Crippen LogP contribution in [0.25, 0.3) is 5.65 Å². The van der Waals surface area contributed by atoms with E-state index in [4.69, 9.17) is 5.11 Å². The molecule has 3 aromatic rings. The van der Waals surface area contributed by atoms with Crippen LogP contribution in [0, 0.1) is 0 Å². The Morgan fingerprint density at radius 1 is 1.20 bits per heavy atom. The molecule has 7 nitrogen and oxygen atoms in total. The monoisotopic (exact) mass is 269 g/mol. The van der Waals surface area contributed by atoms with E-state index in [-0.39, 0.29) is 5.69 Å². The van der Waals surface area contributed by atoms with Crippen LogP contribution in [0.1, 0.15) is 16.2 Å². The number of hydrogen-bond donors (Lipinski definition) is 2. The van der Waals surface area contributed by atoms with Crippen molar-refractivity contribution in [1.82, 2.24) is 19.4 Å². The predicted octanol–water partition coefficient (Wildman–Crippen LogP) is 1.43. The number of pyridine rings is 1. The zero-order chi connectivity index (χ0) is 13.9. The van der Waals surface area contributed by atoms with Crippen molar-refractivity contribution in [2.24, 2.45) is 0 Å². The lowest BCUT2D eigenvalue weighted by Crippen LogP contribution is -2.06. The minimum Gasteiger partial charge on any atom is -0.476 e. The number of hydrogen-bond acceptors (Lipinski definition) is 5. The zero-order valence-corrected chi connectivity index (χ0v) is 10.4. The van der Waals surface area contributed by atoms with Gasteiger partial charge >= 0.3 is 5.97 Å². The number of carbonyl (C=O) groups is 1. The average Bonchev–Trinajstić information content (AvgIpc) is 2.89. The molecule has 3 rings (SSSR count). The lowest BCUT2D eigenvalue weighted by atomic mass is 10.4. The van der Waals surface area contributed by atoms with Gasteiger partial charge in [-0.1, -0.05) is 6.07 Å².